The maximum Gasteiger partial charge on any atom is 0.258 e. The van der Waals surface area contributed by atoms with Crippen LogP contribution in [-0.2, 0) is 5.54 Å². The van der Waals surface area contributed by atoms with Crippen LogP contribution in [0.25, 0.3) is 11.5 Å². The number of hydrogen-bond acceptors (Lipinski definition) is 4. The highest BCUT2D eigenvalue weighted by Crippen LogP contribution is 2.38. The second-order valence-corrected chi connectivity index (χ2v) is 5.38. The summed E-state index contributed by atoms with van der Waals surface area (Å²) in [7, 11) is 0. The van der Waals surface area contributed by atoms with Crippen LogP contribution in [0, 0.1) is 0 Å². The molecule has 1 saturated carbocycles. The van der Waals surface area contributed by atoms with Gasteiger partial charge in [-0.25, -0.2) is 0 Å². The van der Waals surface area contributed by atoms with Crippen molar-refractivity contribution in [2.75, 3.05) is 0 Å². The Morgan fingerprint density at radius 3 is 2.53 bits per heavy atom. The predicted octanol–water partition coefficient (Wildman–Crippen LogP) is 3.80. The van der Waals surface area contributed by atoms with Gasteiger partial charge in [0.1, 0.15) is 0 Å². The topological polar surface area (TPSA) is 64.9 Å². The fourth-order valence-corrected chi connectivity index (χ4v) is 2.25. The third kappa shape index (κ3) is 2.58. The van der Waals surface area contributed by atoms with E-state index in [1.54, 1.807) is 18.2 Å². The lowest BCUT2D eigenvalue weighted by Gasteiger charge is -2.34. The molecule has 0 amide bonds. The van der Waals surface area contributed by atoms with Crippen molar-refractivity contribution in [2.24, 2.45) is 5.73 Å². The summed E-state index contributed by atoms with van der Waals surface area (Å²) in [6.07, 6.45) is 2.90. The van der Waals surface area contributed by atoms with E-state index in [1.807, 2.05) is 0 Å². The van der Waals surface area contributed by atoms with Gasteiger partial charge < -0.3 is 10.3 Å². The lowest BCUT2D eigenvalue weighted by molar-refractivity contribution is 0.229. The highest BCUT2D eigenvalue weighted by Gasteiger charge is 2.39. The Morgan fingerprint density at radius 2 is 1.95 bits per heavy atom. The average Bonchev–Trinajstić information content (AvgIpc) is 2.79. The van der Waals surface area contributed by atoms with Gasteiger partial charge >= 0.3 is 0 Å². The summed E-state index contributed by atoms with van der Waals surface area (Å²) >= 11 is 11.8. The molecule has 19 heavy (non-hydrogen) atoms. The summed E-state index contributed by atoms with van der Waals surface area (Å²) in [4.78, 5) is 4.34. The second-order valence-electron chi connectivity index (χ2n) is 4.56. The molecular formula is C12H12Cl3N3O. The van der Waals surface area contributed by atoms with Gasteiger partial charge in [-0.05, 0) is 37.5 Å². The molecule has 2 aromatic rings. The molecule has 0 radical (unpaired) electrons. The van der Waals surface area contributed by atoms with Gasteiger partial charge in [-0.3, -0.25) is 0 Å². The Balaban J connectivity index is 0.00000133. The second kappa shape index (κ2) is 5.29. The van der Waals surface area contributed by atoms with Crippen molar-refractivity contribution >= 4 is 35.6 Å². The SMILES string of the molecule is Cl.NC1(c2noc(-c3ccc(Cl)c(Cl)c3)n2)CCC1. The highest BCUT2D eigenvalue weighted by atomic mass is 35.5. The number of rotatable bonds is 2. The molecule has 0 bridgehead atoms. The molecule has 0 atom stereocenters. The molecule has 1 heterocycles. The Kier molecular flexibility index (Phi) is 4.06. The minimum absolute atomic E-state index is 0. The molecule has 2 N–H and O–H groups in total. The number of nitrogens with two attached hydrogens (primary N) is 1. The molecule has 1 aliphatic carbocycles. The molecular weight excluding hydrogens is 309 g/mol. The zero-order valence-electron chi connectivity index (χ0n) is 9.90. The van der Waals surface area contributed by atoms with E-state index in [4.69, 9.17) is 33.5 Å². The zero-order chi connectivity index (χ0) is 12.8. The highest BCUT2D eigenvalue weighted by molar-refractivity contribution is 6.42. The predicted molar refractivity (Wildman–Crippen MR) is 76.7 cm³/mol. The van der Waals surface area contributed by atoms with Crippen molar-refractivity contribution < 1.29 is 4.52 Å². The van der Waals surface area contributed by atoms with Gasteiger partial charge in [0.05, 0.1) is 15.6 Å². The number of nitrogens with zero attached hydrogens (tertiary/aromatic N) is 2. The van der Waals surface area contributed by atoms with Gasteiger partial charge in [-0.2, -0.15) is 4.98 Å². The minimum atomic E-state index is -0.419. The summed E-state index contributed by atoms with van der Waals surface area (Å²) < 4.78 is 5.22. The molecule has 1 aromatic heterocycles. The average molecular weight is 321 g/mol. The van der Waals surface area contributed by atoms with E-state index in [0.29, 0.717) is 21.8 Å². The van der Waals surface area contributed by atoms with Crippen LogP contribution >= 0.6 is 35.6 Å². The first-order valence-electron chi connectivity index (χ1n) is 5.67. The summed E-state index contributed by atoms with van der Waals surface area (Å²) in [5.41, 5.74) is 6.46. The van der Waals surface area contributed by atoms with Crippen molar-refractivity contribution in [3.8, 4) is 11.5 Å². The monoisotopic (exact) mass is 319 g/mol. The van der Waals surface area contributed by atoms with Crippen LogP contribution in [0.4, 0.5) is 0 Å². The van der Waals surface area contributed by atoms with Gasteiger partial charge in [0.2, 0.25) is 0 Å². The molecule has 1 aliphatic rings. The van der Waals surface area contributed by atoms with Crippen molar-refractivity contribution in [3.63, 3.8) is 0 Å². The number of benzene rings is 1. The normalized spacial score (nSPS) is 16.6. The fourth-order valence-electron chi connectivity index (χ4n) is 1.95. The molecule has 1 aromatic carbocycles. The molecule has 0 saturated heterocycles. The van der Waals surface area contributed by atoms with E-state index in [-0.39, 0.29) is 12.4 Å². The molecule has 4 nitrogen and oxygen atoms in total. The van der Waals surface area contributed by atoms with Gasteiger partial charge in [0.25, 0.3) is 5.89 Å². The van der Waals surface area contributed by atoms with E-state index in [2.05, 4.69) is 10.1 Å². The fraction of sp³-hybridized carbons (Fsp3) is 0.333. The van der Waals surface area contributed by atoms with Crippen LogP contribution in [0.5, 0.6) is 0 Å². The Hall–Kier alpha value is -0.810. The number of hydrogen-bond donors (Lipinski definition) is 1. The van der Waals surface area contributed by atoms with Gasteiger partial charge in [0.15, 0.2) is 5.82 Å². The van der Waals surface area contributed by atoms with Gasteiger partial charge in [-0.1, -0.05) is 28.4 Å². The minimum Gasteiger partial charge on any atom is -0.334 e. The maximum absolute atomic E-state index is 6.14. The first-order chi connectivity index (χ1) is 8.58. The van der Waals surface area contributed by atoms with E-state index >= 15 is 0 Å². The molecule has 0 unspecified atom stereocenters. The molecule has 0 aliphatic heterocycles. The lowest BCUT2D eigenvalue weighted by atomic mass is 9.77. The van der Waals surface area contributed by atoms with Crippen molar-refractivity contribution in [2.45, 2.75) is 24.8 Å². The Labute approximate surface area is 126 Å². The summed E-state index contributed by atoms with van der Waals surface area (Å²) in [6.45, 7) is 0. The van der Waals surface area contributed by atoms with Crippen LogP contribution in [0.15, 0.2) is 22.7 Å². The van der Waals surface area contributed by atoms with Crippen LogP contribution in [0.3, 0.4) is 0 Å². The van der Waals surface area contributed by atoms with Gasteiger partial charge in [-0.15, -0.1) is 12.4 Å². The zero-order valence-corrected chi connectivity index (χ0v) is 12.2. The van der Waals surface area contributed by atoms with Gasteiger partial charge in [0, 0.05) is 5.56 Å². The quantitative estimate of drug-likeness (QED) is 0.914. The van der Waals surface area contributed by atoms with Crippen LogP contribution < -0.4 is 5.73 Å². The maximum atomic E-state index is 6.14. The summed E-state index contributed by atoms with van der Waals surface area (Å²) in [5, 5.41) is 4.90. The third-order valence-corrected chi connectivity index (χ3v) is 4.02. The van der Waals surface area contributed by atoms with E-state index in [1.165, 1.54) is 0 Å². The number of halogens is 3. The standard InChI is InChI=1S/C12H11Cl2N3O.ClH/c13-8-3-2-7(6-9(8)14)10-16-11(17-18-10)12(15)4-1-5-12;/h2-3,6H,1,4-5,15H2;1H. The van der Waals surface area contributed by atoms with E-state index in [0.717, 1.165) is 24.8 Å². The smallest absolute Gasteiger partial charge is 0.258 e. The number of aromatic nitrogens is 2. The van der Waals surface area contributed by atoms with E-state index in [9.17, 15) is 0 Å². The van der Waals surface area contributed by atoms with Crippen molar-refractivity contribution in [1.82, 2.24) is 10.1 Å². The van der Waals surface area contributed by atoms with Crippen LogP contribution in [-0.4, -0.2) is 10.1 Å². The Morgan fingerprint density at radius 1 is 1.21 bits per heavy atom. The molecule has 3 rings (SSSR count). The largest absolute Gasteiger partial charge is 0.334 e. The first-order valence-corrected chi connectivity index (χ1v) is 6.43. The summed E-state index contributed by atoms with van der Waals surface area (Å²) in [6, 6.07) is 5.19. The van der Waals surface area contributed by atoms with Crippen LogP contribution in [0.2, 0.25) is 10.0 Å². The van der Waals surface area contributed by atoms with E-state index < -0.39 is 5.54 Å². The van der Waals surface area contributed by atoms with Crippen molar-refractivity contribution in [1.29, 1.82) is 0 Å². The molecule has 7 heteroatoms. The molecule has 102 valence electrons. The summed E-state index contributed by atoms with van der Waals surface area (Å²) in [5.74, 6) is 0.982. The van der Waals surface area contributed by atoms with Crippen molar-refractivity contribution in [3.05, 3.63) is 34.1 Å². The third-order valence-electron chi connectivity index (χ3n) is 3.28. The molecule has 0 spiro atoms. The molecule has 1 fully saturated rings. The van der Waals surface area contributed by atoms with Crippen LogP contribution in [0.1, 0.15) is 25.1 Å². The Bertz CT molecular complexity index is 596. The first kappa shape index (κ1) is 14.6. The lowest BCUT2D eigenvalue weighted by Crippen LogP contribution is -2.44.